The van der Waals surface area contributed by atoms with Crippen LogP contribution < -0.4 is 11.0 Å². The first-order valence-corrected chi connectivity index (χ1v) is 12.4. The van der Waals surface area contributed by atoms with E-state index in [0.29, 0.717) is 27.0 Å². The molecule has 1 N–H and O–H groups in total. The molecule has 0 saturated heterocycles. The van der Waals surface area contributed by atoms with E-state index in [4.69, 9.17) is 21.0 Å². The molecule has 5 rings (SSSR count). The van der Waals surface area contributed by atoms with E-state index >= 15 is 0 Å². The van der Waals surface area contributed by atoms with Crippen molar-refractivity contribution in [1.82, 2.24) is 9.55 Å². The first kappa shape index (κ1) is 21.3. The lowest BCUT2D eigenvalue weighted by Crippen LogP contribution is -2.22. The zero-order chi connectivity index (χ0) is 22.4. The summed E-state index contributed by atoms with van der Waals surface area (Å²) in [5.41, 5.74) is 2.07. The average Bonchev–Trinajstić information content (AvgIpc) is 3.15. The second-order valence-corrected chi connectivity index (χ2v) is 10.2. The third-order valence-corrected chi connectivity index (χ3v) is 8.14. The minimum atomic E-state index is -0.510. The normalized spacial score (nSPS) is 13.4. The summed E-state index contributed by atoms with van der Waals surface area (Å²) in [6.07, 6.45) is 5.10. The summed E-state index contributed by atoms with van der Waals surface area (Å²) in [6.45, 7) is 1.91. The molecule has 9 heteroatoms. The molecule has 0 atom stereocenters. The van der Waals surface area contributed by atoms with E-state index in [9.17, 15) is 14.7 Å². The Morgan fingerprint density at radius 1 is 1.25 bits per heavy atom. The molecule has 164 valence electrons. The van der Waals surface area contributed by atoms with Crippen molar-refractivity contribution in [1.29, 1.82) is 0 Å². The zero-order valence-electron chi connectivity index (χ0n) is 17.2. The van der Waals surface area contributed by atoms with Crippen molar-refractivity contribution in [2.75, 3.05) is 0 Å². The minimum absolute atomic E-state index is 0.107. The molecule has 0 fully saturated rings. The van der Waals surface area contributed by atoms with E-state index in [1.807, 2.05) is 19.1 Å². The van der Waals surface area contributed by atoms with Crippen molar-refractivity contribution >= 4 is 44.9 Å². The van der Waals surface area contributed by atoms with Gasteiger partial charge in [0, 0.05) is 16.0 Å². The molecule has 0 saturated carbocycles. The molecular weight excluding hydrogens is 468 g/mol. The number of aryl methyl sites for hydroxylation is 3. The predicted octanol–water partition coefficient (Wildman–Crippen LogP) is 5.24. The van der Waals surface area contributed by atoms with Crippen LogP contribution in [-0.2, 0) is 18.6 Å². The summed E-state index contributed by atoms with van der Waals surface area (Å²) in [4.78, 5) is 32.3. The Morgan fingerprint density at radius 3 is 2.84 bits per heavy atom. The number of aromatic hydroxyl groups is 1. The van der Waals surface area contributed by atoms with E-state index < -0.39 is 11.2 Å². The number of hydrogen-bond donors (Lipinski definition) is 1. The van der Waals surface area contributed by atoms with Gasteiger partial charge in [-0.25, -0.2) is 4.98 Å². The molecule has 6 nitrogen and oxygen atoms in total. The van der Waals surface area contributed by atoms with Crippen molar-refractivity contribution in [3.63, 3.8) is 0 Å². The van der Waals surface area contributed by atoms with E-state index in [1.165, 1.54) is 22.7 Å². The fourth-order valence-electron chi connectivity index (χ4n) is 3.89. The highest BCUT2D eigenvalue weighted by Gasteiger charge is 2.23. The number of rotatable bonds is 4. The summed E-state index contributed by atoms with van der Waals surface area (Å²) >= 11 is 9.26. The van der Waals surface area contributed by atoms with Crippen LogP contribution in [0, 0.1) is 6.92 Å². The van der Waals surface area contributed by atoms with E-state index in [0.717, 1.165) is 47.9 Å². The standard InChI is InChI=1S/C23H19ClN2O4S2/c1-12-6-7-13(8-16(12)24)26-22(29)20-15-4-2-3-5-19(15)32-21(20)25-23(26)31-11-14-9-17(27)18(28)10-30-14/h6-10,28H,2-5,11H2,1H3. The van der Waals surface area contributed by atoms with Gasteiger partial charge in [-0.15, -0.1) is 11.3 Å². The van der Waals surface area contributed by atoms with E-state index in [-0.39, 0.29) is 11.3 Å². The summed E-state index contributed by atoms with van der Waals surface area (Å²) in [7, 11) is 0. The van der Waals surface area contributed by atoms with Crippen LogP contribution in [0.5, 0.6) is 5.75 Å². The van der Waals surface area contributed by atoms with E-state index in [1.54, 1.807) is 22.0 Å². The van der Waals surface area contributed by atoms with Crippen LogP contribution >= 0.6 is 34.7 Å². The number of thiophene rings is 1. The summed E-state index contributed by atoms with van der Waals surface area (Å²) in [5.74, 6) is 0.220. The largest absolute Gasteiger partial charge is 0.502 e. The highest BCUT2D eigenvalue weighted by molar-refractivity contribution is 7.98. The van der Waals surface area contributed by atoms with Crippen molar-refractivity contribution in [2.45, 2.75) is 43.5 Å². The molecule has 0 spiro atoms. The maximum absolute atomic E-state index is 13.8. The van der Waals surface area contributed by atoms with Gasteiger partial charge in [-0.2, -0.15) is 0 Å². The monoisotopic (exact) mass is 486 g/mol. The lowest BCUT2D eigenvalue weighted by Gasteiger charge is -2.14. The molecule has 4 aromatic rings. The van der Waals surface area contributed by atoms with Gasteiger partial charge < -0.3 is 9.52 Å². The highest BCUT2D eigenvalue weighted by atomic mass is 35.5. The maximum atomic E-state index is 13.8. The minimum Gasteiger partial charge on any atom is -0.502 e. The quantitative estimate of drug-likeness (QED) is 0.313. The second kappa shape index (κ2) is 8.42. The Morgan fingerprint density at radius 2 is 2.06 bits per heavy atom. The van der Waals surface area contributed by atoms with Crippen LogP contribution in [0.4, 0.5) is 0 Å². The highest BCUT2D eigenvalue weighted by Crippen LogP contribution is 2.36. The number of halogens is 1. The van der Waals surface area contributed by atoms with Gasteiger partial charge in [-0.05, 0) is 55.9 Å². The number of hydrogen-bond acceptors (Lipinski definition) is 7. The molecular formula is C23H19ClN2O4S2. The smallest absolute Gasteiger partial charge is 0.267 e. The van der Waals surface area contributed by atoms with Crippen LogP contribution in [0.25, 0.3) is 15.9 Å². The van der Waals surface area contributed by atoms with Crippen molar-refractivity contribution in [3.8, 4) is 11.4 Å². The third kappa shape index (κ3) is 3.76. The first-order valence-electron chi connectivity index (χ1n) is 10.2. The summed E-state index contributed by atoms with van der Waals surface area (Å²) in [6, 6.07) is 6.76. The molecule has 0 unspecified atom stereocenters. The van der Waals surface area contributed by atoms with Gasteiger partial charge in [0.2, 0.25) is 5.43 Å². The first-order chi connectivity index (χ1) is 15.4. The molecule has 0 amide bonds. The molecule has 1 aliphatic rings. The molecule has 3 heterocycles. The molecule has 1 aliphatic carbocycles. The fraction of sp³-hybridized carbons (Fsp3) is 0.261. The van der Waals surface area contributed by atoms with Crippen LogP contribution in [0.1, 0.15) is 34.6 Å². The van der Waals surface area contributed by atoms with Crippen LogP contribution in [0.2, 0.25) is 5.02 Å². The SMILES string of the molecule is Cc1ccc(-n2c(SCc3cc(=O)c(O)co3)nc3sc4c(c3c2=O)CCCC4)cc1Cl. The van der Waals surface area contributed by atoms with Gasteiger partial charge in [-0.1, -0.05) is 29.4 Å². The Kier molecular flexibility index (Phi) is 5.61. The van der Waals surface area contributed by atoms with Gasteiger partial charge in [0.15, 0.2) is 10.9 Å². The Hall–Kier alpha value is -2.55. The average molecular weight is 487 g/mol. The molecule has 0 bridgehead atoms. The predicted molar refractivity (Wildman–Crippen MR) is 128 cm³/mol. The topological polar surface area (TPSA) is 85.3 Å². The van der Waals surface area contributed by atoms with Gasteiger partial charge in [-0.3, -0.25) is 14.2 Å². The summed E-state index contributed by atoms with van der Waals surface area (Å²) < 4.78 is 6.92. The number of benzene rings is 1. The van der Waals surface area contributed by atoms with Gasteiger partial charge in [0.1, 0.15) is 16.9 Å². The van der Waals surface area contributed by atoms with Crippen LogP contribution in [0.3, 0.4) is 0 Å². The number of nitrogens with zero attached hydrogens (tertiary/aromatic N) is 2. The Bertz CT molecular complexity index is 1470. The van der Waals surface area contributed by atoms with Crippen LogP contribution in [-0.4, -0.2) is 14.7 Å². The number of fused-ring (bicyclic) bond motifs is 3. The van der Waals surface area contributed by atoms with Gasteiger partial charge in [0.25, 0.3) is 5.56 Å². The molecule has 3 aromatic heterocycles. The second-order valence-electron chi connectivity index (χ2n) is 7.74. The molecule has 32 heavy (non-hydrogen) atoms. The number of thioether (sulfide) groups is 1. The Labute approximate surface area is 196 Å². The number of aromatic nitrogens is 2. The Balaban J connectivity index is 1.67. The van der Waals surface area contributed by atoms with Gasteiger partial charge in [0.05, 0.1) is 16.8 Å². The summed E-state index contributed by atoms with van der Waals surface area (Å²) in [5, 5.41) is 11.2. The lowest BCUT2D eigenvalue weighted by atomic mass is 9.97. The van der Waals surface area contributed by atoms with Crippen molar-refractivity contribution < 1.29 is 9.52 Å². The van der Waals surface area contributed by atoms with Crippen molar-refractivity contribution in [2.24, 2.45) is 0 Å². The zero-order valence-corrected chi connectivity index (χ0v) is 19.6. The van der Waals surface area contributed by atoms with Crippen LogP contribution in [0.15, 0.2) is 49.7 Å². The molecule has 0 radical (unpaired) electrons. The maximum Gasteiger partial charge on any atom is 0.267 e. The fourth-order valence-corrected chi connectivity index (χ4v) is 6.27. The van der Waals surface area contributed by atoms with E-state index in [2.05, 4.69) is 0 Å². The van der Waals surface area contributed by atoms with Gasteiger partial charge >= 0.3 is 0 Å². The lowest BCUT2D eigenvalue weighted by molar-refractivity contribution is 0.419. The third-order valence-electron chi connectivity index (χ3n) is 5.58. The molecule has 1 aromatic carbocycles. The molecule has 0 aliphatic heterocycles. The van der Waals surface area contributed by atoms with Crippen molar-refractivity contribution in [3.05, 3.63) is 77.9 Å².